The molecule has 3 aromatic rings. The number of ether oxygens (including phenoxy) is 2. The molecule has 1 saturated carbocycles. The number of amides is 1. The second kappa shape index (κ2) is 13.7. The van der Waals surface area contributed by atoms with Crippen molar-refractivity contribution in [2.24, 2.45) is 0 Å². The van der Waals surface area contributed by atoms with Crippen molar-refractivity contribution >= 4 is 34.1 Å². The maximum Gasteiger partial charge on any atom is 0.319 e. The van der Waals surface area contributed by atoms with Crippen molar-refractivity contribution in [3.8, 4) is 24.1 Å². The first-order chi connectivity index (χ1) is 23.5. The van der Waals surface area contributed by atoms with Gasteiger partial charge in [-0.3, -0.25) is 9.69 Å². The summed E-state index contributed by atoms with van der Waals surface area (Å²) < 4.78 is 57.9. The van der Waals surface area contributed by atoms with Crippen molar-refractivity contribution in [3.63, 3.8) is 0 Å². The van der Waals surface area contributed by atoms with Crippen LogP contribution in [0.15, 0.2) is 31.0 Å². The Balaban J connectivity index is 1.42. The first kappa shape index (κ1) is 34.3. The number of carbonyl (C=O) groups is 1. The minimum Gasteiger partial charge on any atom is -0.489 e. The van der Waals surface area contributed by atoms with Gasteiger partial charge >= 0.3 is 6.01 Å². The number of aromatic nitrogens is 3. The highest BCUT2D eigenvalue weighted by atomic mass is 19.1. The lowest BCUT2D eigenvalue weighted by molar-refractivity contribution is -0.129. The van der Waals surface area contributed by atoms with E-state index in [-0.39, 0.29) is 91.6 Å². The van der Waals surface area contributed by atoms with Gasteiger partial charge in [-0.2, -0.15) is 9.97 Å². The second-order valence-corrected chi connectivity index (χ2v) is 13.1. The van der Waals surface area contributed by atoms with E-state index < -0.39 is 28.9 Å². The summed E-state index contributed by atoms with van der Waals surface area (Å²) in [6, 6.07) is 2.48. The van der Waals surface area contributed by atoms with Crippen LogP contribution in [0.2, 0.25) is 0 Å². The van der Waals surface area contributed by atoms with Crippen molar-refractivity contribution in [1.29, 1.82) is 0 Å². The first-order valence-corrected chi connectivity index (χ1v) is 16.4. The Labute approximate surface area is 283 Å². The molecule has 3 aliphatic rings. The van der Waals surface area contributed by atoms with Crippen molar-refractivity contribution in [2.45, 2.75) is 56.3 Å². The number of hydrogen-bond acceptors (Lipinski definition) is 10. The molecule has 0 radical (unpaired) electrons. The molecule has 11 nitrogen and oxygen atoms in total. The molecule has 0 bridgehead atoms. The number of likely N-dealkylation sites (tertiary alicyclic amines) is 1. The van der Waals surface area contributed by atoms with Crippen molar-refractivity contribution < 1.29 is 32.5 Å². The lowest BCUT2D eigenvalue weighted by atomic mass is 9.95. The predicted molar refractivity (Wildman–Crippen MR) is 179 cm³/mol. The van der Waals surface area contributed by atoms with E-state index in [1.54, 1.807) is 11.9 Å². The molecular formula is C35H40F3N7O4. The summed E-state index contributed by atoms with van der Waals surface area (Å²) in [6.07, 6.45) is 10.8. The van der Waals surface area contributed by atoms with Crippen LogP contribution in [0.25, 0.3) is 10.9 Å². The number of carbonyl (C=O) groups excluding carboxylic acids is 1. The molecule has 0 spiro atoms. The van der Waals surface area contributed by atoms with Crippen molar-refractivity contribution in [1.82, 2.24) is 24.8 Å². The fraction of sp³-hybridized carbons (Fsp3) is 0.486. The highest BCUT2D eigenvalue weighted by Crippen LogP contribution is 2.42. The number of rotatable bonds is 11. The third-order valence-electron chi connectivity index (χ3n) is 10.0. The highest BCUT2D eigenvalue weighted by Gasteiger charge is 2.43. The zero-order valence-electron chi connectivity index (χ0n) is 27.6. The topological polar surface area (TPSA) is 116 Å². The fourth-order valence-electron chi connectivity index (χ4n) is 7.32. The van der Waals surface area contributed by atoms with Crippen molar-refractivity contribution in [2.75, 3.05) is 63.3 Å². The van der Waals surface area contributed by atoms with E-state index in [4.69, 9.17) is 15.9 Å². The molecule has 4 heterocycles. The molecule has 1 aliphatic carbocycles. The number of alkyl halides is 1. The number of aliphatic hydroxyl groups excluding tert-OH is 1. The number of anilines is 3. The van der Waals surface area contributed by atoms with Crippen LogP contribution < -0.4 is 19.7 Å². The summed E-state index contributed by atoms with van der Waals surface area (Å²) in [5.41, 5.74) is -1.34. The number of terminal acetylenes is 1. The van der Waals surface area contributed by atoms with Gasteiger partial charge in [0, 0.05) is 39.3 Å². The molecule has 6 rings (SSSR count). The zero-order chi connectivity index (χ0) is 34.9. The maximum atomic E-state index is 16.8. The van der Waals surface area contributed by atoms with Gasteiger partial charge in [0.1, 0.15) is 48.0 Å². The van der Waals surface area contributed by atoms with Gasteiger partial charge in [0.2, 0.25) is 5.91 Å². The summed E-state index contributed by atoms with van der Waals surface area (Å²) in [4.78, 5) is 31.2. The Morgan fingerprint density at radius 2 is 2.10 bits per heavy atom. The van der Waals surface area contributed by atoms with E-state index >= 15 is 4.39 Å². The van der Waals surface area contributed by atoms with Crippen LogP contribution in [-0.4, -0.2) is 106 Å². The quantitative estimate of drug-likeness (QED) is 0.224. The molecule has 49 heavy (non-hydrogen) atoms. The molecule has 2 fully saturated rings. The number of aliphatic hydroxyl groups is 1. The number of nitrogens with one attached hydrogen (secondary N) is 1. The molecule has 1 aromatic carbocycles. The third kappa shape index (κ3) is 6.33. The molecule has 2 N–H and O–H groups in total. The minimum atomic E-state index is -1.10. The van der Waals surface area contributed by atoms with E-state index in [0.717, 1.165) is 25.7 Å². The van der Waals surface area contributed by atoms with Crippen molar-refractivity contribution in [3.05, 3.63) is 48.2 Å². The standard InChI is InChI=1S/C35H40F3N7O4/c1-5-23-25(37)9-10-26-30(23)45(14-16-48-26)32-28(38)29-24(18-39-32)31(40-20-35(11-7-8-12-35)43(4)27(47)6-2)42-33(41-29)49-21-34(3)17-22(36)19-44(34)13-15-46/h1,6,9-10,18,22,46H,2,7-8,11-17,19-21H2,3-4H3,(H,40,41,42)/t22-,34+/m1/s1. The Kier molecular flexibility index (Phi) is 9.59. The molecule has 1 saturated heterocycles. The van der Waals surface area contributed by atoms with Gasteiger partial charge in [0.05, 0.1) is 35.2 Å². The largest absolute Gasteiger partial charge is 0.489 e. The summed E-state index contributed by atoms with van der Waals surface area (Å²) in [6.45, 7) is 6.31. The Morgan fingerprint density at radius 3 is 2.82 bits per heavy atom. The van der Waals surface area contributed by atoms with Gasteiger partial charge in [-0.25, -0.2) is 18.2 Å². The zero-order valence-corrected chi connectivity index (χ0v) is 27.6. The molecule has 2 atom stereocenters. The number of β-amino-alcohol motifs (C(OH)–C–C–N with tert-alkyl or cyclic N) is 1. The van der Waals surface area contributed by atoms with E-state index in [0.29, 0.717) is 12.3 Å². The van der Waals surface area contributed by atoms with Crippen LogP contribution in [0.4, 0.5) is 30.5 Å². The van der Waals surface area contributed by atoms with Gasteiger partial charge in [-0.05, 0) is 38.0 Å². The van der Waals surface area contributed by atoms with Gasteiger partial charge in [0.25, 0.3) is 0 Å². The molecule has 14 heteroatoms. The summed E-state index contributed by atoms with van der Waals surface area (Å²) in [5, 5.41) is 13.1. The number of benzene rings is 1. The molecule has 0 unspecified atom stereocenters. The lowest BCUT2D eigenvalue weighted by Crippen LogP contribution is -2.51. The number of likely N-dealkylation sites (N-methyl/N-ethyl adjacent to an activating group) is 1. The van der Waals surface area contributed by atoms with E-state index in [1.807, 2.05) is 11.8 Å². The van der Waals surface area contributed by atoms with Gasteiger partial charge in [-0.15, -0.1) is 6.42 Å². The molecule has 1 amide bonds. The monoisotopic (exact) mass is 679 g/mol. The number of hydrogen-bond donors (Lipinski definition) is 2. The Hall–Kier alpha value is -4.61. The van der Waals surface area contributed by atoms with Crippen LogP contribution in [0, 0.1) is 24.0 Å². The minimum absolute atomic E-state index is 0.0277. The van der Waals surface area contributed by atoms with Crippen LogP contribution in [-0.2, 0) is 4.79 Å². The molecular weight excluding hydrogens is 639 g/mol. The molecule has 260 valence electrons. The number of pyridine rings is 1. The van der Waals surface area contributed by atoms with E-state index in [9.17, 15) is 18.7 Å². The Bertz CT molecular complexity index is 1800. The average Bonchev–Trinajstić information content (AvgIpc) is 3.70. The average molecular weight is 680 g/mol. The highest BCUT2D eigenvalue weighted by molar-refractivity contribution is 5.92. The SMILES string of the molecule is C#Cc1c(F)ccc2c1N(c1ncc3c(NCC4(N(C)C(=O)C=C)CCCC4)nc(OC[C@]4(C)C[C@@H](F)CN4CCO)nc3c1F)CCO2. The van der Waals surface area contributed by atoms with E-state index in [1.165, 1.54) is 29.3 Å². The number of halogens is 3. The van der Waals surface area contributed by atoms with Crippen LogP contribution >= 0.6 is 0 Å². The fourth-order valence-corrected chi connectivity index (χ4v) is 7.32. The Morgan fingerprint density at radius 1 is 1.33 bits per heavy atom. The van der Waals surface area contributed by atoms with Crippen LogP contribution in [0.5, 0.6) is 11.8 Å². The van der Waals surface area contributed by atoms with Crippen LogP contribution in [0.3, 0.4) is 0 Å². The summed E-state index contributed by atoms with van der Waals surface area (Å²) in [7, 11) is 1.74. The predicted octanol–water partition coefficient (Wildman–Crippen LogP) is 4.36. The maximum absolute atomic E-state index is 16.8. The smallest absolute Gasteiger partial charge is 0.319 e. The van der Waals surface area contributed by atoms with Gasteiger partial charge in [0.15, 0.2) is 11.6 Å². The molecule has 2 aliphatic heterocycles. The summed E-state index contributed by atoms with van der Waals surface area (Å²) >= 11 is 0. The number of fused-ring (bicyclic) bond motifs is 2. The normalized spacial score (nSPS) is 21.6. The van der Waals surface area contributed by atoms with Gasteiger partial charge < -0.3 is 29.7 Å². The second-order valence-electron chi connectivity index (χ2n) is 13.1. The molecule has 2 aromatic heterocycles. The summed E-state index contributed by atoms with van der Waals surface area (Å²) in [5.74, 6) is 1.03. The first-order valence-electron chi connectivity index (χ1n) is 16.4. The van der Waals surface area contributed by atoms with E-state index in [2.05, 4.69) is 32.8 Å². The third-order valence-corrected chi connectivity index (χ3v) is 10.0. The van der Waals surface area contributed by atoms with Crippen LogP contribution in [0.1, 0.15) is 44.6 Å². The van der Waals surface area contributed by atoms with Gasteiger partial charge in [-0.1, -0.05) is 25.3 Å². The lowest BCUT2D eigenvalue weighted by Gasteiger charge is -2.38. The number of nitrogens with zero attached hydrogens (tertiary/aromatic N) is 6.